The van der Waals surface area contributed by atoms with E-state index >= 15 is 0 Å². The maximum Gasteiger partial charge on any atom is 0.412 e. The number of fused-ring (bicyclic) bond motifs is 1. The largest absolute Gasteiger partial charge is 0.481 e. The van der Waals surface area contributed by atoms with Crippen molar-refractivity contribution < 1.29 is 38.4 Å². The molecule has 1 amide bonds. The smallest absolute Gasteiger partial charge is 0.412 e. The summed E-state index contributed by atoms with van der Waals surface area (Å²) in [7, 11) is 1.56. The molecule has 3 unspecified atom stereocenters. The number of carbonyl (C=O) groups excluding carboxylic acids is 2. The van der Waals surface area contributed by atoms with Crippen molar-refractivity contribution in [3.05, 3.63) is 23.8 Å². The molecule has 10 nitrogen and oxygen atoms in total. The van der Waals surface area contributed by atoms with Gasteiger partial charge in [-0.15, -0.1) is 0 Å². The van der Waals surface area contributed by atoms with E-state index in [9.17, 15) is 14.4 Å². The predicted molar refractivity (Wildman–Crippen MR) is 95.8 cm³/mol. The number of carboxylic acid groups (broad SMARTS) is 1. The minimum atomic E-state index is -1.33. The summed E-state index contributed by atoms with van der Waals surface area (Å²) in [6, 6.07) is 4.00. The van der Waals surface area contributed by atoms with Crippen LogP contribution in [0.1, 0.15) is 25.8 Å². The van der Waals surface area contributed by atoms with Crippen LogP contribution in [0.5, 0.6) is 11.5 Å². The van der Waals surface area contributed by atoms with Crippen LogP contribution >= 0.6 is 0 Å². The molecule has 10 heteroatoms. The molecule has 3 atom stereocenters. The summed E-state index contributed by atoms with van der Waals surface area (Å²) in [6.07, 6.45) is -1.94. The van der Waals surface area contributed by atoms with Gasteiger partial charge in [0.25, 0.3) is 0 Å². The molecule has 0 aromatic heterocycles. The van der Waals surface area contributed by atoms with Gasteiger partial charge < -0.3 is 34.7 Å². The number of ether oxygens (including phenoxy) is 4. The van der Waals surface area contributed by atoms with E-state index < -0.39 is 36.8 Å². The fourth-order valence-electron chi connectivity index (χ4n) is 2.50. The fraction of sp³-hybridized carbons (Fsp3) is 0.500. The second-order valence-electron chi connectivity index (χ2n) is 6.44. The zero-order chi connectivity index (χ0) is 20.8. The number of likely N-dealkylation sites (N-methyl/N-ethyl adjacent to an activating group) is 1. The fourth-order valence-corrected chi connectivity index (χ4v) is 2.50. The molecular formula is C18H24N2O8. The second kappa shape index (κ2) is 9.27. The first-order chi connectivity index (χ1) is 13.2. The highest BCUT2D eigenvalue weighted by Gasteiger charge is 2.25. The van der Waals surface area contributed by atoms with Crippen molar-refractivity contribution >= 4 is 18.0 Å². The number of esters is 1. The quantitative estimate of drug-likeness (QED) is 0.489. The Morgan fingerprint density at radius 2 is 1.89 bits per heavy atom. The number of rotatable bonds is 8. The summed E-state index contributed by atoms with van der Waals surface area (Å²) in [5.74, 6) is -0.848. The molecule has 0 saturated carbocycles. The zero-order valence-electron chi connectivity index (χ0n) is 15.9. The Bertz CT molecular complexity index is 738. The van der Waals surface area contributed by atoms with Crippen LogP contribution in [0.25, 0.3) is 0 Å². The van der Waals surface area contributed by atoms with Gasteiger partial charge in [0, 0.05) is 20.0 Å². The van der Waals surface area contributed by atoms with Crippen molar-refractivity contribution in [1.82, 2.24) is 4.90 Å². The molecule has 1 aromatic carbocycles. The Morgan fingerprint density at radius 1 is 1.21 bits per heavy atom. The monoisotopic (exact) mass is 396 g/mol. The van der Waals surface area contributed by atoms with Crippen molar-refractivity contribution in [2.75, 3.05) is 13.8 Å². The molecule has 2 rings (SSSR count). The lowest BCUT2D eigenvalue weighted by atomic mass is 10.1. The lowest BCUT2D eigenvalue weighted by molar-refractivity contribution is -0.169. The highest BCUT2D eigenvalue weighted by atomic mass is 16.7. The van der Waals surface area contributed by atoms with Crippen LogP contribution < -0.4 is 15.2 Å². The number of carbonyl (C=O) groups is 3. The van der Waals surface area contributed by atoms with Crippen molar-refractivity contribution in [3.63, 3.8) is 0 Å². The lowest BCUT2D eigenvalue weighted by Crippen LogP contribution is -2.41. The average Bonchev–Trinajstić information content (AvgIpc) is 3.07. The molecule has 1 heterocycles. The summed E-state index contributed by atoms with van der Waals surface area (Å²) >= 11 is 0. The lowest BCUT2D eigenvalue weighted by Gasteiger charge is -2.26. The topological polar surface area (TPSA) is 138 Å². The Balaban J connectivity index is 1.83. The molecular weight excluding hydrogens is 372 g/mol. The predicted octanol–water partition coefficient (Wildman–Crippen LogP) is 1.11. The number of nitrogens with zero attached hydrogens (tertiary/aromatic N) is 1. The third-order valence-electron chi connectivity index (χ3n) is 4.16. The molecule has 0 spiro atoms. The Hall–Kier alpha value is -3.01. The van der Waals surface area contributed by atoms with Crippen LogP contribution in [0.3, 0.4) is 0 Å². The van der Waals surface area contributed by atoms with Gasteiger partial charge >= 0.3 is 18.0 Å². The summed E-state index contributed by atoms with van der Waals surface area (Å²) < 4.78 is 20.5. The van der Waals surface area contributed by atoms with Gasteiger partial charge in [0.1, 0.15) is 6.04 Å². The van der Waals surface area contributed by atoms with Crippen LogP contribution in [-0.2, 0) is 25.5 Å². The van der Waals surface area contributed by atoms with Crippen molar-refractivity contribution in [1.29, 1.82) is 0 Å². The maximum atomic E-state index is 12.2. The van der Waals surface area contributed by atoms with E-state index in [-0.39, 0.29) is 12.8 Å². The number of nitrogens with two attached hydrogens (primary N) is 1. The van der Waals surface area contributed by atoms with E-state index in [2.05, 4.69) is 0 Å². The molecule has 1 aromatic rings. The van der Waals surface area contributed by atoms with Crippen molar-refractivity contribution in [2.45, 2.75) is 45.1 Å². The van der Waals surface area contributed by atoms with E-state index in [0.29, 0.717) is 17.9 Å². The molecule has 3 N–H and O–H groups in total. The first kappa shape index (κ1) is 21.3. The molecule has 0 aliphatic carbocycles. The van der Waals surface area contributed by atoms with E-state index in [1.807, 2.05) is 25.1 Å². The standard InChI is InChI=1S/C18H24N2O8/c1-10(6-12-4-5-14-15(7-12)26-9-25-14)20(3)18(24)28-11(2)27-17(23)13(19)8-16(21)22/h4-5,7,10-11,13H,6,8-9,19H2,1-3H3,(H,21,22). The van der Waals surface area contributed by atoms with E-state index in [0.717, 1.165) is 5.56 Å². The van der Waals surface area contributed by atoms with Crippen LogP contribution in [0, 0.1) is 0 Å². The second-order valence-corrected chi connectivity index (χ2v) is 6.44. The number of benzene rings is 1. The summed E-state index contributed by atoms with van der Waals surface area (Å²) in [5.41, 5.74) is 6.36. The van der Waals surface area contributed by atoms with Crippen LogP contribution in [0.15, 0.2) is 18.2 Å². The minimum absolute atomic E-state index is 0.188. The highest BCUT2D eigenvalue weighted by Crippen LogP contribution is 2.32. The number of carboxylic acids is 1. The van der Waals surface area contributed by atoms with Gasteiger partial charge in [-0.05, 0) is 31.0 Å². The van der Waals surface area contributed by atoms with Gasteiger partial charge in [-0.2, -0.15) is 0 Å². The average molecular weight is 396 g/mol. The first-order valence-electron chi connectivity index (χ1n) is 8.67. The molecule has 1 aliphatic rings. The number of hydrogen-bond acceptors (Lipinski definition) is 8. The van der Waals surface area contributed by atoms with Crippen LogP contribution in [0.2, 0.25) is 0 Å². The van der Waals surface area contributed by atoms with Crippen molar-refractivity contribution in [2.24, 2.45) is 5.73 Å². The van der Waals surface area contributed by atoms with E-state index in [1.54, 1.807) is 7.05 Å². The molecule has 28 heavy (non-hydrogen) atoms. The van der Waals surface area contributed by atoms with Gasteiger partial charge in [0.15, 0.2) is 11.5 Å². The van der Waals surface area contributed by atoms with E-state index in [1.165, 1.54) is 11.8 Å². The third kappa shape index (κ3) is 5.74. The third-order valence-corrected chi connectivity index (χ3v) is 4.16. The summed E-state index contributed by atoms with van der Waals surface area (Å²) in [4.78, 5) is 35.8. The molecule has 0 saturated heterocycles. The Morgan fingerprint density at radius 3 is 2.57 bits per heavy atom. The van der Waals surface area contributed by atoms with Crippen LogP contribution in [-0.4, -0.2) is 60.3 Å². The molecule has 0 fully saturated rings. The SMILES string of the molecule is CC(OC(=O)C(N)CC(=O)O)OC(=O)N(C)C(C)Cc1ccc2c(c1)OCO2. The molecule has 1 aliphatic heterocycles. The van der Waals surface area contributed by atoms with Gasteiger partial charge in [0.2, 0.25) is 13.1 Å². The normalized spacial score (nSPS) is 15.3. The van der Waals surface area contributed by atoms with Gasteiger partial charge in [-0.25, -0.2) is 4.79 Å². The van der Waals surface area contributed by atoms with Gasteiger partial charge in [-0.3, -0.25) is 9.59 Å². The van der Waals surface area contributed by atoms with E-state index in [4.69, 9.17) is 29.8 Å². The number of hydrogen-bond donors (Lipinski definition) is 2. The Kier molecular flexibility index (Phi) is 7.05. The molecule has 0 radical (unpaired) electrons. The molecule has 154 valence electrons. The summed E-state index contributed by atoms with van der Waals surface area (Å²) in [5, 5.41) is 8.62. The number of aliphatic carboxylic acids is 1. The van der Waals surface area contributed by atoms with Crippen molar-refractivity contribution in [3.8, 4) is 11.5 Å². The maximum absolute atomic E-state index is 12.2. The van der Waals surface area contributed by atoms with Gasteiger partial charge in [0.05, 0.1) is 6.42 Å². The van der Waals surface area contributed by atoms with Crippen LogP contribution in [0.4, 0.5) is 4.79 Å². The minimum Gasteiger partial charge on any atom is -0.481 e. The highest BCUT2D eigenvalue weighted by molar-refractivity contribution is 5.81. The first-order valence-corrected chi connectivity index (χ1v) is 8.67. The number of amides is 1. The van der Waals surface area contributed by atoms with Gasteiger partial charge in [-0.1, -0.05) is 6.07 Å². The zero-order valence-corrected chi connectivity index (χ0v) is 15.9. The Labute approximate surface area is 162 Å². The molecule has 0 bridgehead atoms. The summed E-state index contributed by atoms with van der Waals surface area (Å²) in [6.45, 7) is 3.37.